The molecule has 0 rings (SSSR count). The van der Waals surface area contributed by atoms with Crippen molar-refractivity contribution in [3.05, 3.63) is 0 Å². The van der Waals surface area contributed by atoms with E-state index in [1.54, 1.807) is 6.92 Å². The minimum atomic E-state index is -1.76. The van der Waals surface area contributed by atoms with Gasteiger partial charge in [0.2, 0.25) is 0 Å². The Balaban J connectivity index is 4.64. The number of hydrogen-bond acceptors (Lipinski definition) is 5. The van der Waals surface area contributed by atoms with Crippen molar-refractivity contribution in [2.24, 2.45) is 5.73 Å². The lowest BCUT2D eigenvalue weighted by molar-refractivity contribution is -0.342. The largest absolute Gasteiger partial charge is 0.513 e. The molecule has 102 valence electrons. The zero-order valence-electron chi connectivity index (χ0n) is 11.3. The van der Waals surface area contributed by atoms with Gasteiger partial charge in [-0.15, -0.1) is 0 Å². The number of ether oxygens (including phenoxy) is 2. The van der Waals surface area contributed by atoms with E-state index in [9.17, 15) is 4.57 Å². The average Bonchev–Trinajstić information content (AvgIpc) is 2.27. The Hall–Kier alpha value is -0.0600. The second-order valence-corrected chi connectivity index (χ2v) is 5.29. The van der Waals surface area contributed by atoms with Gasteiger partial charge >= 0.3 is 14.0 Å². The summed E-state index contributed by atoms with van der Waals surface area (Å²) in [5, 5.41) is 0. The first-order valence-corrected chi connectivity index (χ1v) is 7.53. The molecule has 17 heavy (non-hydrogen) atoms. The maximum Gasteiger partial charge on any atom is 0.513 e. The van der Waals surface area contributed by atoms with Crippen LogP contribution in [0, 0.1) is 0 Å². The molecule has 2 unspecified atom stereocenters. The van der Waals surface area contributed by atoms with Crippen LogP contribution >= 0.6 is 8.03 Å². The smallest absolute Gasteiger partial charge is 0.328 e. The van der Waals surface area contributed by atoms with Crippen LogP contribution < -0.4 is 5.73 Å². The van der Waals surface area contributed by atoms with E-state index in [1.807, 2.05) is 20.8 Å². The Kier molecular flexibility index (Phi) is 8.92. The summed E-state index contributed by atoms with van der Waals surface area (Å²) < 4.78 is 28.0. The second-order valence-electron chi connectivity index (χ2n) is 3.81. The van der Waals surface area contributed by atoms with Gasteiger partial charge in [-0.05, 0) is 38.7 Å². The Morgan fingerprint density at radius 2 is 1.76 bits per heavy atom. The molecule has 0 saturated carbocycles. The maximum absolute atomic E-state index is 11.6. The minimum absolute atomic E-state index is 0.0263. The average molecular weight is 266 g/mol. The molecule has 2 atom stereocenters. The summed E-state index contributed by atoms with van der Waals surface area (Å²) in [6.07, 6.45) is 1.61. The number of hydrogen-bond donors (Lipinski definition) is 1. The van der Waals surface area contributed by atoms with Crippen LogP contribution in [0.2, 0.25) is 0 Å². The fourth-order valence-corrected chi connectivity index (χ4v) is 1.98. The maximum atomic E-state index is 11.6. The van der Waals surface area contributed by atoms with E-state index in [0.717, 1.165) is 0 Å². The Bertz CT molecular complexity index is 218. The van der Waals surface area contributed by atoms with E-state index >= 15 is 0 Å². The predicted octanol–water partition coefficient (Wildman–Crippen LogP) is 2.62. The predicted molar refractivity (Wildman–Crippen MR) is 68.1 cm³/mol. The summed E-state index contributed by atoms with van der Waals surface area (Å²) in [6.45, 7) is 8.27. The van der Waals surface area contributed by atoms with Crippen molar-refractivity contribution in [3.63, 3.8) is 0 Å². The SMILES string of the molecule is CCOC(CCC(C)N)(OCC)O[P+](=O)CC. The van der Waals surface area contributed by atoms with Gasteiger partial charge < -0.3 is 15.2 Å². The summed E-state index contributed by atoms with van der Waals surface area (Å²) in [4.78, 5) is 0. The van der Waals surface area contributed by atoms with Crippen molar-refractivity contribution < 1.29 is 18.6 Å². The molecule has 0 aliphatic heterocycles. The van der Waals surface area contributed by atoms with Gasteiger partial charge in [0, 0.05) is 25.7 Å². The molecule has 0 fully saturated rings. The third-order valence-corrected chi connectivity index (χ3v) is 3.13. The van der Waals surface area contributed by atoms with Crippen LogP contribution in [0.15, 0.2) is 0 Å². The molecule has 0 aliphatic carbocycles. The summed E-state index contributed by atoms with van der Waals surface area (Å²) in [5.74, 6) is -1.21. The monoisotopic (exact) mass is 266 g/mol. The first-order valence-electron chi connectivity index (χ1n) is 6.16. The van der Waals surface area contributed by atoms with E-state index in [1.165, 1.54) is 0 Å². The Labute approximate surface area is 105 Å². The molecule has 0 aromatic rings. The summed E-state index contributed by atoms with van der Waals surface area (Å²) >= 11 is 0. The van der Waals surface area contributed by atoms with Gasteiger partial charge in [-0.1, -0.05) is 4.52 Å². The molecular weight excluding hydrogens is 241 g/mol. The molecule has 0 amide bonds. The van der Waals surface area contributed by atoms with Gasteiger partial charge in [0.25, 0.3) is 0 Å². The Morgan fingerprint density at radius 1 is 1.24 bits per heavy atom. The molecule has 0 saturated heterocycles. The summed E-state index contributed by atoms with van der Waals surface area (Å²) in [7, 11) is -1.76. The van der Waals surface area contributed by atoms with Gasteiger partial charge in [-0.2, -0.15) is 0 Å². The van der Waals surface area contributed by atoms with Crippen molar-refractivity contribution in [2.45, 2.75) is 52.6 Å². The highest BCUT2D eigenvalue weighted by Crippen LogP contribution is 2.35. The summed E-state index contributed by atoms with van der Waals surface area (Å²) in [5.41, 5.74) is 5.72. The lowest BCUT2D eigenvalue weighted by atomic mass is 10.2. The molecule has 0 aromatic carbocycles. The lowest BCUT2D eigenvalue weighted by Gasteiger charge is -2.27. The van der Waals surface area contributed by atoms with Crippen molar-refractivity contribution in [1.82, 2.24) is 0 Å². The topological polar surface area (TPSA) is 70.8 Å². The molecule has 0 radical (unpaired) electrons. The van der Waals surface area contributed by atoms with Crippen LogP contribution in [-0.2, 0) is 18.6 Å². The molecule has 5 nitrogen and oxygen atoms in total. The molecule has 0 aromatic heterocycles. The highest BCUT2D eigenvalue weighted by Gasteiger charge is 2.41. The quantitative estimate of drug-likeness (QED) is 0.486. The van der Waals surface area contributed by atoms with Gasteiger partial charge in [-0.25, -0.2) is 0 Å². The Morgan fingerprint density at radius 3 is 2.12 bits per heavy atom. The van der Waals surface area contributed by atoms with Crippen molar-refractivity contribution in [3.8, 4) is 0 Å². The molecule has 0 bridgehead atoms. The highest BCUT2D eigenvalue weighted by atomic mass is 31.1. The first kappa shape index (κ1) is 16.9. The van der Waals surface area contributed by atoms with E-state index in [-0.39, 0.29) is 6.04 Å². The molecule has 0 heterocycles. The van der Waals surface area contributed by atoms with Crippen molar-refractivity contribution >= 4 is 8.03 Å². The standard InChI is InChI=1S/C11H25NO4P/c1-5-14-11(15-6-2,9-8-10(4)12)16-17(13)7-3/h10H,5-9,12H2,1-4H3/q+1. The minimum Gasteiger partial charge on any atom is -0.328 e. The molecule has 0 spiro atoms. The van der Waals surface area contributed by atoms with Crippen LogP contribution in [0.5, 0.6) is 0 Å². The normalized spacial score (nSPS) is 14.8. The van der Waals surface area contributed by atoms with Gasteiger partial charge in [0.1, 0.15) is 0 Å². The third-order valence-electron chi connectivity index (χ3n) is 2.13. The van der Waals surface area contributed by atoms with Gasteiger partial charge in [-0.3, -0.25) is 0 Å². The molecular formula is C11H25NO4P+. The third kappa shape index (κ3) is 7.06. The van der Waals surface area contributed by atoms with Crippen LogP contribution in [0.3, 0.4) is 0 Å². The lowest BCUT2D eigenvalue weighted by Crippen LogP contribution is -2.39. The van der Waals surface area contributed by atoms with Crippen LogP contribution in [-0.4, -0.2) is 31.4 Å². The number of nitrogens with two attached hydrogens (primary N) is 1. The molecule has 2 N–H and O–H groups in total. The van der Waals surface area contributed by atoms with Crippen LogP contribution in [0.25, 0.3) is 0 Å². The zero-order valence-corrected chi connectivity index (χ0v) is 12.2. The summed E-state index contributed by atoms with van der Waals surface area (Å²) in [6, 6.07) is 0.0263. The highest BCUT2D eigenvalue weighted by molar-refractivity contribution is 7.39. The molecule has 6 heteroatoms. The van der Waals surface area contributed by atoms with Crippen molar-refractivity contribution in [2.75, 3.05) is 19.4 Å². The fraction of sp³-hybridized carbons (Fsp3) is 1.00. The van der Waals surface area contributed by atoms with E-state index < -0.39 is 14.0 Å². The fourth-order valence-electron chi connectivity index (χ4n) is 1.35. The van der Waals surface area contributed by atoms with Crippen LogP contribution in [0.1, 0.15) is 40.5 Å². The second kappa shape index (κ2) is 8.95. The number of rotatable bonds is 10. The van der Waals surface area contributed by atoms with Crippen molar-refractivity contribution in [1.29, 1.82) is 0 Å². The zero-order chi connectivity index (χ0) is 13.3. The van der Waals surface area contributed by atoms with E-state index in [4.69, 9.17) is 19.7 Å². The first-order chi connectivity index (χ1) is 7.99. The van der Waals surface area contributed by atoms with E-state index in [0.29, 0.717) is 32.2 Å². The van der Waals surface area contributed by atoms with E-state index in [2.05, 4.69) is 0 Å². The van der Waals surface area contributed by atoms with Gasteiger partial charge in [0.05, 0.1) is 0 Å². The van der Waals surface area contributed by atoms with Crippen LogP contribution in [0.4, 0.5) is 0 Å². The van der Waals surface area contributed by atoms with Gasteiger partial charge in [0.15, 0.2) is 6.16 Å². The molecule has 0 aliphatic rings.